The fourth-order valence-corrected chi connectivity index (χ4v) is 5.84. The van der Waals surface area contributed by atoms with Gasteiger partial charge in [-0.1, -0.05) is 104 Å². The molecule has 0 bridgehead atoms. The second-order valence-corrected chi connectivity index (χ2v) is 12.4. The van der Waals surface area contributed by atoms with Gasteiger partial charge in [-0.3, -0.25) is 9.28 Å². The summed E-state index contributed by atoms with van der Waals surface area (Å²) in [5.74, 6) is 0.900. The minimum Gasteiger partial charge on any atom is -0.475 e. The summed E-state index contributed by atoms with van der Waals surface area (Å²) in [6.07, 6.45) is 20.8. The van der Waals surface area contributed by atoms with Crippen LogP contribution in [0.15, 0.2) is 6.08 Å². The minimum absolute atomic E-state index is 0.0668. The molecule has 2 heterocycles. The summed E-state index contributed by atoms with van der Waals surface area (Å²) in [5, 5.41) is 0. The Labute approximate surface area is 237 Å². The number of hydrogen-bond donors (Lipinski definition) is 0. The van der Waals surface area contributed by atoms with Gasteiger partial charge >= 0.3 is 5.97 Å². The first-order valence-electron chi connectivity index (χ1n) is 15.6. The highest BCUT2D eigenvalue weighted by Gasteiger charge is 2.39. The van der Waals surface area contributed by atoms with Crippen LogP contribution in [0.2, 0.25) is 0 Å². The smallest absolute Gasteiger partial charge is 0.310 e. The number of likely N-dealkylation sites (N-methyl/N-ethyl adjacent to an activating group) is 1. The summed E-state index contributed by atoms with van der Waals surface area (Å²) >= 11 is 1.22. The van der Waals surface area contributed by atoms with E-state index in [0.717, 1.165) is 44.5 Å². The van der Waals surface area contributed by atoms with Gasteiger partial charge in [0, 0.05) is 24.8 Å². The molecule has 7 heteroatoms. The highest BCUT2D eigenvalue weighted by molar-refractivity contribution is 6.99. The molecule has 0 fully saturated rings. The molecule has 2 atom stereocenters. The van der Waals surface area contributed by atoms with E-state index in [1.165, 1.54) is 87.9 Å². The van der Waals surface area contributed by atoms with Crippen molar-refractivity contribution >= 4 is 23.3 Å². The van der Waals surface area contributed by atoms with Crippen LogP contribution in [0.5, 0.6) is 5.88 Å². The van der Waals surface area contributed by atoms with Crippen molar-refractivity contribution in [2.24, 2.45) is 5.92 Å². The van der Waals surface area contributed by atoms with E-state index >= 15 is 0 Å². The molecule has 6 nitrogen and oxygen atoms in total. The van der Waals surface area contributed by atoms with E-state index in [0.29, 0.717) is 29.3 Å². The number of carbonyl (C=O) groups excluding carboxylic acids is 1. The number of nitrogens with zero attached hydrogens (tertiary/aromatic N) is 3. The van der Waals surface area contributed by atoms with Gasteiger partial charge < -0.3 is 9.47 Å². The second-order valence-electron chi connectivity index (χ2n) is 11.9. The van der Waals surface area contributed by atoms with Gasteiger partial charge in [-0.15, -0.1) is 4.37 Å². The lowest BCUT2D eigenvalue weighted by molar-refractivity contribution is -0.947. The molecule has 218 valence electrons. The third kappa shape index (κ3) is 12.1. The number of unbranched alkanes of at least 4 members (excludes halogenated alkanes) is 11. The second kappa shape index (κ2) is 18.8. The first-order valence-corrected chi connectivity index (χ1v) is 16.3. The number of esters is 1. The van der Waals surface area contributed by atoms with Crippen LogP contribution in [0.25, 0.3) is 5.57 Å². The fraction of sp³-hybridized carbons (Fsp3) is 0.839. The Morgan fingerprint density at radius 3 is 2.24 bits per heavy atom. The molecular formula is C31H56N3O3S+. The van der Waals surface area contributed by atoms with E-state index in [9.17, 15) is 4.79 Å². The van der Waals surface area contributed by atoms with E-state index in [4.69, 9.17) is 9.47 Å². The van der Waals surface area contributed by atoms with Crippen LogP contribution in [-0.4, -0.2) is 52.2 Å². The quantitative estimate of drug-likeness (QED) is 0.0871. The SMILES string of the molecule is CCCCCCCCCCCC(OC(=O)CC(C)C)[N+]1(C)CCC=C(c2nsnc2OCCCCCC)C1. The molecule has 0 spiro atoms. The van der Waals surface area contributed by atoms with Gasteiger partial charge in [0.25, 0.3) is 5.88 Å². The van der Waals surface area contributed by atoms with E-state index in [-0.39, 0.29) is 12.2 Å². The first kappa shape index (κ1) is 32.7. The molecule has 1 aliphatic heterocycles. The third-order valence-electron chi connectivity index (χ3n) is 7.65. The van der Waals surface area contributed by atoms with E-state index < -0.39 is 0 Å². The average molecular weight is 551 g/mol. The summed E-state index contributed by atoms with van der Waals surface area (Å²) in [6, 6.07) is 0. The lowest BCUT2D eigenvalue weighted by Crippen LogP contribution is -2.56. The highest BCUT2D eigenvalue weighted by Crippen LogP contribution is 2.33. The van der Waals surface area contributed by atoms with Gasteiger partial charge in [0.2, 0.25) is 6.23 Å². The molecule has 0 aromatic carbocycles. The fourth-order valence-electron chi connectivity index (χ4n) is 5.31. The maximum absolute atomic E-state index is 12.8. The molecular weight excluding hydrogens is 494 g/mol. The van der Waals surface area contributed by atoms with Crippen molar-refractivity contribution in [2.45, 2.75) is 137 Å². The standard InChI is InChI=1S/C31H56N3O3S/c1-6-8-10-12-13-14-15-16-17-21-28(37-29(35)24-26(3)4)34(5)22-19-20-27(25-34)30-31(33-38-32-30)36-23-18-11-9-7-2/h20,26,28H,6-19,21-25H2,1-5H3/q+1. The van der Waals surface area contributed by atoms with Crippen molar-refractivity contribution in [3.05, 3.63) is 11.8 Å². The Hall–Kier alpha value is -1.47. The molecule has 0 saturated heterocycles. The lowest BCUT2D eigenvalue weighted by Gasteiger charge is -2.43. The topological polar surface area (TPSA) is 61.3 Å². The largest absolute Gasteiger partial charge is 0.475 e. The molecule has 0 amide bonds. The molecule has 1 aromatic rings. The number of aromatic nitrogens is 2. The van der Waals surface area contributed by atoms with Crippen LogP contribution in [0.3, 0.4) is 0 Å². The molecule has 0 saturated carbocycles. The van der Waals surface area contributed by atoms with Crippen molar-refractivity contribution in [3.8, 4) is 5.88 Å². The maximum atomic E-state index is 12.8. The highest BCUT2D eigenvalue weighted by atomic mass is 32.1. The van der Waals surface area contributed by atoms with Crippen LogP contribution in [0.1, 0.15) is 136 Å². The van der Waals surface area contributed by atoms with E-state index in [1.807, 2.05) is 0 Å². The van der Waals surface area contributed by atoms with Crippen molar-refractivity contribution < 1.29 is 18.8 Å². The normalized spacial score (nSPS) is 18.4. The Morgan fingerprint density at radius 1 is 0.947 bits per heavy atom. The summed E-state index contributed by atoms with van der Waals surface area (Å²) < 4.78 is 22.1. The van der Waals surface area contributed by atoms with Crippen LogP contribution in [0, 0.1) is 5.92 Å². The van der Waals surface area contributed by atoms with Crippen LogP contribution in [0.4, 0.5) is 0 Å². The number of carbonyl (C=O) groups is 1. The average Bonchev–Trinajstić information content (AvgIpc) is 3.35. The number of rotatable bonds is 21. The van der Waals surface area contributed by atoms with E-state index in [2.05, 4.69) is 49.6 Å². The molecule has 1 aliphatic rings. The van der Waals surface area contributed by atoms with Gasteiger partial charge in [-0.05, 0) is 18.8 Å². The molecule has 2 unspecified atom stereocenters. The predicted octanol–water partition coefficient (Wildman–Crippen LogP) is 8.57. The van der Waals surface area contributed by atoms with Gasteiger partial charge in [0.05, 0.1) is 31.9 Å². The molecule has 38 heavy (non-hydrogen) atoms. The van der Waals surface area contributed by atoms with Crippen molar-refractivity contribution in [1.82, 2.24) is 8.75 Å². The minimum atomic E-state index is -0.125. The molecule has 0 radical (unpaired) electrons. The van der Waals surface area contributed by atoms with Crippen LogP contribution >= 0.6 is 11.7 Å². The van der Waals surface area contributed by atoms with Gasteiger partial charge in [0.1, 0.15) is 12.2 Å². The predicted molar refractivity (Wildman–Crippen MR) is 159 cm³/mol. The Kier molecular flexibility index (Phi) is 16.2. The number of hydrogen-bond acceptors (Lipinski definition) is 6. The molecule has 2 rings (SSSR count). The molecule has 1 aromatic heterocycles. The summed E-state index contributed by atoms with van der Waals surface area (Å²) in [7, 11) is 2.25. The van der Waals surface area contributed by atoms with Crippen molar-refractivity contribution in [1.29, 1.82) is 0 Å². The number of quaternary nitrogens is 1. The summed E-state index contributed by atoms with van der Waals surface area (Å²) in [5.41, 5.74) is 2.05. The zero-order valence-corrected chi connectivity index (χ0v) is 26.0. The third-order valence-corrected chi connectivity index (χ3v) is 8.17. The Morgan fingerprint density at radius 2 is 1.58 bits per heavy atom. The zero-order valence-electron chi connectivity index (χ0n) is 25.1. The van der Waals surface area contributed by atoms with Crippen molar-refractivity contribution in [3.63, 3.8) is 0 Å². The summed E-state index contributed by atoms with van der Waals surface area (Å²) in [4.78, 5) is 12.8. The Bertz CT molecular complexity index is 810. The van der Waals surface area contributed by atoms with Crippen LogP contribution in [-0.2, 0) is 9.53 Å². The van der Waals surface area contributed by atoms with E-state index in [1.54, 1.807) is 0 Å². The van der Waals surface area contributed by atoms with Gasteiger partial charge in [-0.2, -0.15) is 4.37 Å². The maximum Gasteiger partial charge on any atom is 0.310 e. The van der Waals surface area contributed by atoms with Gasteiger partial charge in [0.15, 0.2) is 0 Å². The first-order chi connectivity index (χ1) is 18.4. The molecule has 0 aliphatic carbocycles. The monoisotopic (exact) mass is 550 g/mol. The lowest BCUT2D eigenvalue weighted by atomic mass is 10.0. The van der Waals surface area contributed by atoms with Gasteiger partial charge in [-0.25, -0.2) is 0 Å². The number of ether oxygens (including phenoxy) is 2. The molecule has 0 N–H and O–H groups in total. The van der Waals surface area contributed by atoms with Crippen LogP contribution < -0.4 is 4.74 Å². The zero-order chi connectivity index (χ0) is 27.6. The van der Waals surface area contributed by atoms with Crippen molar-refractivity contribution in [2.75, 3.05) is 26.7 Å². The summed E-state index contributed by atoms with van der Waals surface area (Å²) in [6.45, 7) is 11.1. The Balaban J connectivity index is 1.97.